The highest BCUT2D eigenvalue weighted by atomic mass is 14.7. The summed E-state index contributed by atoms with van der Waals surface area (Å²) in [5, 5.41) is 0. The predicted molar refractivity (Wildman–Crippen MR) is 61.1 cm³/mol. The minimum Gasteiger partial charge on any atom is -0.253 e. The van der Waals surface area contributed by atoms with Gasteiger partial charge in [0.05, 0.1) is 5.69 Å². The maximum atomic E-state index is 4.60. The molecule has 1 aliphatic rings. The SMILES string of the molecule is CC1CC=CC(=Nc2ccccc2)C1. The lowest BCUT2D eigenvalue weighted by molar-refractivity contribution is 0.612. The van der Waals surface area contributed by atoms with Crippen LogP contribution in [-0.4, -0.2) is 5.71 Å². The van der Waals surface area contributed by atoms with E-state index in [1.165, 1.54) is 12.1 Å². The van der Waals surface area contributed by atoms with Crippen LogP contribution < -0.4 is 0 Å². The van der Waals surface area contributed by atoms with Gasteiger partial charge in [0.1, 0.15) is 0 Å². The van der Waals surface area contributed by atoms with Crippen LogP contribution in [0.5, 0.6) is 0 Å². The number of allylic oxidation sites excluding steroid dienone is 2. The first-order chi connectivity index (χ1) is 6.84. The van der Waals surface area contributed by atoms with Crippen molar-refractivity contribution in [1.82, 2.24) is 0 Å². The Kier molecular flexibility index (Phi) is 2.78. The Labute approximate surface area is 85.2 Å². The molecular formula is C13H15N. The third-order valence-electron chi connectivity index (χ3n) is 2.44. The minimum absolute atomic E-state index is 0.738. The fraction of sp³-hybridized carbons (Fsp3) is 0.308. The van der Waals surface area contributed by atoms with Gasteiger partial charge in [-0.2, -0.15) is 0 Å². The highest BCUT2D eigenvalue weighted by Crippen LogP contribution is 2.19. The largest absolute Gasteiger partial charge is 0.253 e. The molecule has 14 heavy (non-hydrogen) atoms. The molecule has 0 saturated heterocycles. The molecule has 0 amide bonds. The molecule has 0 bridgehead atoms. The van der Waals surface area contributed by atoms with Gasteiger partial charge in [-0.15, -0.1) is 0 Å². The van der Waals surface area contributed by atoms with E-state index in [9.17, 15) is 0 Å². The van der Waals surface area contributed by atoms with E-state index >= 15 is 0 Å². The van der Waals surface area contributed by atoms with Crippen molar-refractivity contribution < 1.29 is 0 Å². The summed E-state index contributed by atoms with van der Waals surface area (Å²) in [6, 6.07) is 10.1. The standard InChI is InChI=1S/C13H15N/c1-11-6-5-9-13(10-11)14-12-7-3-2-4-8-12/h2-5,7-9,11H,6,10H2,1H3. The zero-order valence-electron chi connectivity index (χ0n) is 8.48. The van der Waals surface area contributed by atoms with Gasteiger partial charge in [-0.25, -0.2) is 0 Å². The molecule has 1 nitrogen and oxygen atoms in total. The van der Waals surface area contributed by atoms with Crippen LogP contribution >= 0.6 is 0 Å². The highest BCUT2D eigenvalue weighted by Gasteiger charge is 2.08. The Hall–Kier alpha value is -1.37. The second kappa shape index (κ2) is 4.23. The van der Waals surface area contributed by atoms with Gasteiger partial charge in [-0.3, -0.25) is 4.99 Å². The number of rotatable bonds is 1. The maximum Gasteiger partial charge on any atom is 0.0632 e. The summed E-state index contributed by atoms with van der Waals surface area (Å²) in [6.07, 6.45) is 6.65. The monoisotopic (exact) mass is 185 g/mol. The van der Waals surface area contributed by atoms with Gasteiger partial charge < -0.3 is 0 Å². The fourth-order valence-corrected chi connectivity index (χ4v) is 1.70. The molecule has 0 spiro atoms. The zero-order valence-corrected chi connectivity index (χ0v) is 8.48. The van der Waals surface area contributed by atoms with Gasteiger partial charge in [0.25, 0.3) is 0 Å². The first-order valence-corrected chi connectivity index (χ1v) is 5.14. The first-order valence-electron chi connectivity index (χ1n) is 5.14. The Morgan fingerprint density at radius 1 is 1.21 bits per heavy atom. The molecule has 1 heteroatoms. The van der Waals surface area contributed by atoms with Crippen LogP contribution in [0.25, 0.3) is 0 Å². The van der Waals surface area contributed by atoms with Crippen LogP contribution in [-0.2, 0) is 0 Å². The molecule has 0 saturated carbocycles. The average molecular weight is 185 g/mol. The minimum atomic E-state index is 0.738. The number of nitrogens with zero attached hydrogens (tertiary/aromatic N) is 1. The lowest BCUT2D eigenvalue weighted by atomic mass is 9.95. The topological polar surface area (TPSA) is 12.4 Å². The van der Waals surface area contributed by atoms with Crippen LogP contribution in [0.3, 0.4) is 0 Å². The lowest BCUT2D eigenvalue weighted by Crippen LogP contribution is -2.06. The third kappa shape index (κ3) is 2.32. The Balaban J connectivity index is 2.19. The van der Waals surface area contributed by atoms with Crippen molar-refractivity contribution in [2.45, 2.75) is 19.8 Å². The number of hydrogen-bond donors (Lipinski definition) is 0. The van der Waals surface area contributed by atoms with E-state index < -0.39 is 0 Å². The summed E-state index contributed by atoms with van der Waals surface area (Å²) in [4.78, 5) is 4.60. The summed E-state index contributed by atoms with van der Waals surface area (Å²) >= 11 is 0. The van der Waals surface area contributed by atoms with E-state index in [2.05, 4.69) is 24.1 Å². The molecule has 0 radical (unpaired) electrons. The normalized spacial score (nSPS) is 24.1. The predicted octanol–water partition coefficient (Wildman–Crippen LogP) is 3.75. The van der Waals surface area contributed by atoms with Gasteiger partial charge in [0.15, 0.2) is 0 Å². The number of aliphatic imine (C=N–C) groups is 1. The van der Waals surface area contributed by atoms with Crippen molar-refractivity contribution >= 4 is 11.4 Å². The van der Waals surface area contributed by atoms with Gasteiger partial charge in [0.2, 0.25) is 0 Å². The van der Waals surface area contributed by atoms with Crippen LogP contribution in [0.15, 0.2) is 47.5 Å². The molecule has 0 heterocycles. The van der Waals surface area contributed by atoms with E-state index in [-0.39, 0.29) is 0 Å². The summed E-state index contributed by atoms with van der Waals surface area (Å²) in [5.74, 6) is 0.738. The Morgan fingerprint density at radius 2 is 2.00 bits per heavy atom. The lowest BCUT2D eigenvalue weighted by Gasteiger charge is -2.13. The van der Waals surface area contributed by atoms with E-state index in [1.54, 1.807) is 0 Å². The van der Waals surface area contributed by atoms with Gasteiger partial charge >= 0.3 is 0 Å². The zero-order chi connectivity index (χ0) is 9.80. The van der Waals surface area contributed by atoms with E-state index in [4.69, 9.17) is 0 Å². The molecule has 2 rings (SSSR count). The molecule has 0 N–H and O–H groups in total. The maximum absolute atomic E-state index is 4.60. The van der Waals surface area contributed by atoms with Crippen LogP contribution in [0, 0.1) is 5.92 Å². The number of hydrogen-bond acceptors (Lipinski definition) is 1. The third-order valence-corrected chi connectivity index (χ3v) is 2.44. The molecule has 0 fully saturated rings. The molecule has 1 aromatic rings. The summed E-state index contributed by atoms with van der Waals surface area (Å²) in [7, 11) is 0. The smallest absolute Gasteiger partial charge is 0.0632 e. The molecule has 0 aliphatic heterocycles. The van der Waals surface area contributed by atoms with Crippen LogP contribution in [0.4, 0.5) is 5.69 Å². The second-order valence-corrected chi connectivity index (χ2v) is 3.89. The number of benzene rings is 1. The van der Waals surface area contributed by atoms with Crippen molar-refractivity contribution in [3.63, 3.8) is 0 Å². The van der Waals surface area contributed by atoms with E-state index in [0.717, 1.165) is 18.0 Å². The second-order valence-electron chi connectivity index (χ2n) is 3.89. The molecule has 1 aliphatic carbocycles. The highest BCUT2D eigenvalue weighted by molar-refractivity contribution is 5.97. The van der Waals surface area contributed by atoms with Crippen molar-refractivity contribution in [3.8, 4) is 0 Å². The Bertz CT molecular complexity index is 349. The average Bonchev–Trinajstić information content (AvgIpc) is 2.19. The van der Waals surface area contributed by atoms with Crippen LogP contribution in [0.2, 0.25) is 0 Å². The molecule has 1 aromatic carbocycles. The molecule has 72 valence electrons. The first kappa shape index (κ1) is 9.20. The molecule has 1 atom stereocenters. The van der Waals surface area contributed by atoms with Crippen molar-refractivity contribution in [2.24, 2.45) is 10.9 Å². The van der Waals surface area contributed by atoms with Crippen molar-refractivity contribution in [3.05, 3.63) is 42.5 Å². The van der Waals surface area contributed by atoms with Crippen LogP contribution in [0.1, 0.15) is 19.8 Å². The Morgan fingerprint density at radius 3 is 2.71 bits per heavy atom. The van der Waals surface area contributed by atoms with Gasteiger partial charge in [-0.1, -0.05) is 31.2 Å². The van der Waals surface area contributed by atoms with Crippen molar-refractivity contribution in [1.29, 1.82) is 0 Å². The van der Waals surface area contributed by atoms with Gasteiger partial charge in [0, 0.05) is 5.71 Å². The summed E-state index contributed by atoms with van der Waals surface area (Å²) in [5.41, 5.74) is 2.26. The quantitative estimate of drug-likeness (QED) is 0.632. The van der Waals surface area contributed by atoms with E-state index in [0.29, 0.717) is 0 Å². The van der Waals surface area contributed by atoms with Crippen molar-refractivity contribution in [2.75, 3.05) is 0 Å². The fourth-order valence-electron chi connectivity index (χ4n) is 1.70. The molecule has 1 unspecified atom stereocenters. The summed E-state index contributed by atoms with van der Waals surface area (Å²) in [6.45, 7) is 2.27. The molecule has 0 aromatic heterocycles. The molecular weight excluding hydrogens is 170 g/mol. The van der Waals surface area contributed by atoms with Gasteiger partial charge in [-0.05, 0) is 37.0 Å². The number of para-hydroxylation sites is 1. The summed E-state index contributed by atoms with van der Waals surface area (Å²) < 4.78 is 0. The van der Waals surface area contributed by atoms with E-state index in [1.807, 2.05) is 30.3 Å².